The van der Waals surface area contributed by atoms with E-state index in [0.717, 1.165) is 6.07 Å². The second kappa shape index (κ2) is 6.95. The lowest BCUT2D eigenvalue weighted by Crippen LogP contribution is -2.41. The van der Waals surface area contributed by atoms with Gasteiger partial charge in [-0.2, -0.15) is 0 Å². The summed E-state index contributed by atoms with van der Waals surface area (Å²) in [5.74, 6) is -2.36. The van der Waals surface area contributed by atoms with Crippen molar-refractivity contribution in [3.8, 4) is 0 Å². The first-order valence-corrected chi connectivity index (χ1v) is 7.42. The first kappa shape index (κ1) is 18.2. The van der Waals surface area contributed by atoms with Gasteiger partial charge in [-0.05, 0) is 31.9 Å². The second-order valence-corrected chi connectivity index (χ2v) is 6.18. The Hall–Kier alpha value is -0.840. The van der Waals surface area contributed by atoms with Crippen LogP contribution >= 0.6 is 23.2 Å². The van der Waals surface area contributed by atoms with Gasteiger partial charge in [-0.3, -0.25) is 4.79 Å². The van der Waals surface area contributed by atoms with Crippen LogP contribution in [0.2, 0.25) is 10.0 Å². The van der Waals surface area contributed by atoms with E-state index in [1.54, 1.807) is 20.8 Å². The Balaban J connectivity index is 3.35. The Bertz CT molecular complexity index is 530. The van der Waals surface area contributed by atoms with Crippen LogP contribution in [0.1, 0.15) is 33.3 Å². The minimum atomic E-state index is -1.68. The smallest absolute Gasteiger partial charge is 0.312 e. The Kier molecular flexibility index (Phi) is 6.02. The molecule has 0 aliphatic carbocycles. The highest BCUT2D eigenvalue weighted by Crippen LogP contribution is 2.40. The number of ether oxygens (including phenoxy) is 1. The third-order valence-electron chi connectivity index (χ3n) is 3.37. The summed E-state index contributed by atoms with van der Waals surface area (Å²) < 4.78 is 18.7. The van der Waals surface area contributed by atoms with Crippen LogP contribution in [0.3, 0.4) is 0 Å². The van der Waals surface area contributed by atoms with E-state index in [2.05, 4.69) is 0 Å². The largest absolute Gasteiger partial charge is 0.466 e. The van der Waals surface area contributed by atoms with Crippen molar-refractivity contribution >= 4 is 29.2 Å². The highest BCUT2D eigenvalue weighted by atomic mass is 35.5. The fraction of sp³-hybridized carbons (Fsp3) is 0.533. The van der Waals surface area contributed by atoms with E-state index in [1.165, 1.54) is 13.0 Å². The van der Waals surface area contributed by atoms with Crippen LogP contribution < -0.4 is 0 Å². The molecule has 0 aliphatic rings. The summed E-state index contributed by atoms with van der Waals surface area (Å²) in [5.41, 5.74) is -1.57. The second-order valence-electron chi connectivity index (χ2n) is 5.37. The number of esters is 1. The minimum Gasteiger partial charge on any atom is -0.466 e. The average Bonchev–Trinajstić information content (AvgIpc) is 2.33. The van der Waals surface area contributed by atoms with Crippen LogP contribution in [0.25, 0.3) is 0 Å². The average molecular weight is 337 g/mol. The molecule has 1 rings (SSSR count). The number of hydrogen-bond donors (Lipinski definition) is 1. The van der Waals surface area contributed by atoms with Gasteiger partial charge in [0.05, 0.1) is 17.5 Å². The van der Waals surface area contributed by atoms with Gasteiger partial charge in [-0.25, -0.2) is 4.39 Å². The molecule has 0 spiro atoms. The van der Waals surface area contributed by atoms with Gasteiger partial charge in [0.1, 0.15) is 11.4 Å². The maximum absolute atomic E-state index is 13.7. The number of halogens is 3. The van der Waals surface area contributed by atoms with Crippen LogP contribution in [0.4, 0.5) is 4.39 Å². The van der Waals surface area contributed by atoms with Crippen molar-refractivity contribution in [3.63, 3.8) is 0 Å². The molecule has 1 aromatic carbocycles. The molecule has 21 heavy (non-hydrogen) atoms. The van der Waals surface area contributed by atoms with Crippen LogP contribution in [0, 0.1) is 17.7 Å². The lowest BCUT2D eigenvalue weighted by molar-refractivity contribution is -0.161. The maximum atomic E-state index is 13.7. The van der Waals surface area contributed by atoms with Gasteiger partial charge in [-0.15, -0.1) is 0 Å². The molecule has 2 atom stereocenters. The van der Waals surface area contributed by atoms with Crippen molar-refractivity contribution in [1.82, 2.24) is 0 Å². The molecule has 0 aromatic heterocycles. The Morgan fingerprint density at radius 2 is 1.95 bits per heavy atom. The lowest BCUT2D eigenvalue weighted by atomic mass is 9.76. The summed E-state index contributed by atoms with van der Waals surface area (Å²) in [4.78, 5) is 12.1. The Labute approximate surface area is 134 Å². The summed E-state index contributed by atoms with van der Waals surface area (Å²) >= 11 is 11.7. The van der Waals surface area contributed by atoms with Gasteiger partial charge >= 0.3 is 5.97 Å². The van der Waals surface area contributed by atoms with Crippen LogP contribution in [0.5, 0.6) is 0 Å². The quantitative estimate of drug-likeness (QED) is 0.648. The fourth-order valence-corrected chi connectivity index (χ4v) is 3.04. The molecule has 0 aliphatic heterocycles. The summed E-state index contributed by atoms with van der Waals surface area (Å²) in [5, 5.41) is 10.8. The molecule has 0 bridgehead atoms. The van der Waals surface area contributed by atoms with Gasteiger partial charge < -0.3 is 9.84 Å². The predicted octanol–water partition coefficient (Wildman–Crippen LogP) is 4.18. The van der Waals surface area contributed by atoms with Crippen LogP contribution in [-0.4, -0.2) is 17.7 Å². The van der Waals surface area contributed by atoms with Gasteiger partial charge in [0.15, 0.2) is 0 Å². The van der Waals surface area contributed by atoms with Crippen LogP contribution in [0.15, 0.2) is 12.1 Å². The van der Waals surface area contributed by atoms with E-state index in [1.807, 2.05) is 0 Å². The molecule has 2 unspecified atom stereocenters. The van der Waals surface area contributed by atoms with E-state index >= 15 is 0 Å². The number of aliphatic hydroxyl groups is 1. The molecule has 0 saturated carbocycles. The zero-order valence-corrected chi connectivity index (χ0v) is 13.9. The molecule has 1 aromatic rings. The number of benzene rings is 1. The van der Waals surface area contributed by atoms with E-state index in [9.17, 15) is 14.3 Å². The molecule has 0 heterocycles. The number of hydrogen-bond acceptors (Lipinski definition) is 3. The van der Waals surface area contributed by atoms with Gasteiger partial charge in [0.25, 0.3) is 0 Å². The number of carbonyl (C=O) groups excluding carboxylic acids is 1. The van der Waals surface area contributed by atoms with Crippen molar-refractivity contribution in [2.75, 3.05) is 6.61 Å². The minimum absolute atomic E-state index is 0.0985. The monoisotopic (exact) mass is 336 g/mol. The molecular weight excluding hydrogens is 318 g/mol. The molecule has 0 radical (unpaired) electrons. The molecular formula is C15H19Cl2FO3. The van der Waals surface area contributed by atoms with Crippen molar-refractivity contribution < 1.29 is 19.0 Å². The summed E-state index contributed by atoms with van der Waals surface area (Å²) in [6, 6.07) is 2.27. The summed E-state index contributed by atoms with van der Waals surface area (Å²) in [7, 11) is 0. The molecule has 1 N–H and O–H groups in total. The summed E-state index contributed by atoms with van der Waals surface area (Å²) in [6.07, 6.45) is 0. The van der Waals surface area contributed by atoms with Gasteiger partial charge in [-0.1, -0.05) is 37.0 Å². The number of carbonyl (C=O) groups is 1. The highest BCUT2D eigenvalue weighted by molar-refractivity contribution is 6.35. The third-order valence-corrected chi connectivity index (χ3v) is 3.97. The molecule has 3 nitrogen and oxygen atoms in total. The molecule has 0 amide bonds. The molecule has 6 heteroatoms. The molecule has 0 fully saturated rings. The maximum Gasteiger partial charge on any atom is 0.312 e. The lowest BCUT2D eigenvalue weighted by Gasteiger charge is -2.35. The zero-order valence-electron chi connectivity index (χ0n) is 12.4. The van der Waals surface area contributed by atoms with E-state index in [0.29, 0.717) is 0 Å². The fourth-order valence-electron chi connectivity index (χ4n) is 2.46. The van der Waals surface area contributed by atoms with Gasteiger partial charge in [0, 0.05) is 10.6 Å². The zero-order chi connectivity index (χ0) is 16.4. The first-order chi connectivity index (χ1) is 9.62. The van der Waals surface area contributed by atoms with Crippen molar-refractivity contribution in [2.24, 2.45) is 11.8 Å². The van der Waals surface area contributed by atoms with E-state index in [-0.39, 0.29) is 28.1 Å². The van der Waals surface area contributed by atoms with Crippen molar-refractivity contribution in [2.45, 2.75) is 33.3 Å². The van der Waals surface area contributed by atoms with E-state index in [4.69, 9.17) is 27.9 Å². The normalized spacial score (nSPS) is 15.7. The molecule has 0 saturated heterocycles. The topological polar surface area (TPSA) is 46.5 Å². The SMILES string of the molecule is CCOC(=O)C(C(C)C)C(C)(O)c1cc(F)c(Cl)cc1Cl. The van der Waals surface area contributed by atoms with Gasteiger partial charge in [0.2, 0.25) is 0 Å². The number of rotatable bonds is 5. The standard InChI is InChI=1S/C15H19Cl2FO3/c1-5-21-14(19)13(8(2)3)15(4,20)9-6-12(18)11(17)7-10(9)16/h6-8,13,20H,5H2,1-4H3. The Morgan fingerprint density at radius 1 is 1.38 bits per heavy atom. The van der Waals surface area contributed by atoms with Crippen LogP contribution in [-0.2, 0) is 15.1 Å². The third kappa shape index (κ3) is 3.87. The van der Waals surface area contributed by atoms with Crippen molar-refractivity contribution in [1.29, 1.82) is 0 Å². The Morgan fingerprint density at radius 3 is 2.43 bits per heavy atom. The highest BCUT2D eigenvalue weighted by Gasteiger charge is 2.43. The first-order valence-electron chi connectivity index (χ1n) is 6.66. The summed E-state index contributed by atoms with van der Waals surface area (Å²) in [6.45, 7) is 6.84. The van der Waals surface area contributed by atoms with E-state index < -0.39 is 23.3 Å². The molecule has 118 valence electrons. The van der Waals surface area contributed by atoms with Crippen molar-refractivity contribution in [3.05, 3.63) is 33.6 Å². The predicted molar refractivity (Wildman–Crippen MR) is 81.0 cm³/mol.